The zero-order valence-corrected chi connectivity index (χ0v) is 19.7. The third kappa shape index (κ3) is 4.44. The molecule has 0 spiro atoms. The number of hydrogen-bond acceptors (Lipinski definition) is 3. The van der Waals surface area contributed by atoms with E-state index in [9.17, 15) is 4.79 Å². The number of nitrogens with one attached hydrogen (secondary N) is 2. The van der Waals surface area contributed by atoms with Crippen LogP contribution < -0.4 is 10.1 Å². The van der Waals surface area contributed by atoms with Gasteiger partial charge in [-0.15, -0.1) is 0 Å². The Labute approximate surface area is 190 Å². The van der Waals surface area contributed by atoms with Crippen molar-refractivity contribution < 1.29 is 9.53 Å². The maximum atomic E-state index is 12.9. The fraction of sp³-hybridized carbons (Fsp3) is 0.370. The van der Waals surface area contributed by atoms with E-state index in [1.807, 2.05) is 18.2 Å². The average molecular weight is 432 g/mol. The van der Waals surface area contributed by atoms with Crippen molar-refractivity contribution >= 4 is 11.6 Å². The standard InChI is InChI=1S/C27H33N3O2/c1-17-22(10-7-13-30(3)4)18(2)28-25(17)16-24-23-12-11-20(15-26(23)29-27(24)31)19-8-6-9-21(14-19)32-5/h6,8-9,11-12,14-15,24,28H,7,10,13,16H2,1-5H3,(H,29,31). The number of aromatic amines is 1. The SMILES string of the molecule is COc1cccc(-c2ccc3c(c2)NC(=O)C3Cc2[nH]c(C)c(CCCN(C)C)c2C)c1. The maximum Gasteiger partial charge on any atom is 0.232 e. The number of anilines is 1. The molecule has 0 fully saturated rings. The van der Waals surface area contributed by atoms with Crippen molar-refractivity contribution in [3.8, 4) is 16.9 Å². The topological polar surface area (TPSA) is 57.4 Å². The molecule has 5 heteroatoms. The number of hydrogen-bond donors (Lipinski definition) is 2. The lowest BCUT2D eigenvalue weighted by atomic mass is 9.92. The zero-order valence-electron chi connectivity index (χ0n) is 19.7. The minimum absolute atomic E-state index is 0.0728. The molecule has 1 amide bonds. The molecule has 3 aromatic rings. The van der Waals surface area contributed by atoms with Crippen LogP contribution in [0, 0.1) is 13.8 Å². The van der Waals surface area contributed by atoms with E-state index in [0.717, 1.165) is 47.5 Å². The number of methoxy groups -OCH3 is 1. The van der Waals surface area contributed by atoms with E-state index >= 15 is 0 Å². The van der Waals surface area contributed by atoms with Gasteiger partial charge in [-0.1, -0.05) is 24.3 Å². The fourth-order valence-electron chi connectivity index (χ4n) is 4.73. The summed E-state index contributed by atoms with van der Waals surface area (Å²) in [5.74, 6) is 0.725. The average Bonchev–Trinajstić information content (AvgIpc) is 3.23. The van der Waals surface area contributed by atoms with Crippen molar-refractivity contribution in [1.29, 1.82) is 0 Å². The van der Waals surface area contributed by atoms with Crippen LogP contribution in [0.3, 0.4) is 0 Å². The molecule has 168 valence electrons. The van der Waals surface area contributed by atoms with Gasteiger partial charge in [0.2, 0.25) is 5.91 Å². The van der Waals surface area contributed by atoms with Crippen LogP contribution in [0.1, 0.15) is 40.4 Å². The third-order valence-electron chi connectivity index (χ3n) is 6.54. The summed E-state index contributed by atoms with van der Waals surface area (Å²) in [6.45, 7) is 5.40. The maximum absolute atomic E-state index is 12.9. The monoisotopic (exact) mass is 431 g/mol. The molecule has 0 saturated carbocycles. The first-order valence-electron chi connectivity index (χ1n) is 11.3. The normalized spacial score (nSPS) is 15.2. The Balaban J connectivity index is 1.55. The molecule has 4 rings (SSSR count). The predicted octanol–water partition coefficient (Wildman–Crippen LogP) is 5.08. The number of rotatable bonds is 8. The summed E-state index contributed by atoms with van der Waals surface area (Å²) in [5, 5.41) is 3.10. The molecular formula is C27H33N3O2. The van der Waals surface area contributed by atoms with E-state index < -0.39 is 0 Å². The Hall–Kier alpha value is -3.05. The van der Waals surface area contributed by atoms with Gasteiger partial charge in [0.15, 0.2) is 0 Å². The minimum atomic E-state index is -0.171. The lowest BCUT2D eigenvalue weighted by Crippen LogP contribution is -2.15. The van der Waals surface area contributed by atoms with Crippen molar-refractivity contribution in [1.82, 2.24) is 9.88 Å². The summed E-state index contributed by atoms with van der Waals surface area (Å²) in [5.41, 5.74) is 9.22. The number of aryl methyl sites for hydroxylation is 1. The number of aromatic nitrogens is 1. The van der Waals surface area contributed by atoms with Gasteiger partial charge in [-0.2, -0.15) is 0 Å². The minimum Gasteiger partial charge on any atom is -0.497 e. The molecule has 1 aromatic heterocycles. The highest BCUT2D eigenvalue weighted by Gasteiger charge is 2.32. The number of amides is 1. The largest absolute Gasteiger partial charge is 0.497 e. The van der Waals surface area contributed by atoms with Crippen LogP contribution in [0.25, 0.3) is 11.1 Å². The highest BCUT2D eigenvalue weighted by Crippen LogP contribution is 2.38. The molecular weight excluding hydrogens is 398 g/mol. The molecule has 1 atom stereocenters. The van der Waals surface area contributed by atoms with Gasteiger partial charge in [0.25, 0.3) is 0 Å². The van der Waals surface area contributed by atoms with E-state index in [1.54, 1.807) is 7.11 Å². The van der Waals surface area contributed by atoms with Crippen LogP contribution in [0.15, 0.2) is 42.5 Å². The van der Waals surface area contributed by atoms with Crippen molar-refractivity contribution in [2.45, 2.75) is 39.0 Å². The highest BCUT2D eigenvalue weighted by atomic mass is 16.5. The van der Waals surface area contributed by atoms with Gasteiger partial charge < -0.3 is 19.9 Å². The van der Waals surface area contributed by atoms with Crippen molar-refractivity contribution in [3.63, 3.8) is 0 Å². The molecule has 5 nitrogen and oxygen atoms in total. The number of carbonyl (C=O) groups is 1. The van der Waals surface area contributed by atoms with Gasteiger partial charge >= 0.3 is 0 Å². The van der Waals surface area contributed by atoms with E-state index in [1.165, 1.54) is 22.5 Å². The second kappa shape index (κ2) is 9.21. The molecule has 2 aromatic carbocycles. The molecule has 0 aliphatic carbocycles. The van der Waals surface area contributed by atoms with Gasteiger partial charge in [0.1, 0.15) is 5.75 Å². The van der Waals surface area contributed by atoms with Gasteiger partial charge in [-0.05, 0) is 93.3 Å². The van der Waals surface area contributed by atoms with Crippen molar-refractivity contribution in [2.75, 3.05) is 33.1 Å². The molecule has 1 aliphatic rings. The van der Waals surface area contributed by atoms with Crippen LogP contribution in [0.2, 0.25) is 0 Å². The second-order valence-corrected chi connectivity index (χ2v) is 9.02. The molecule has 1 unspecified atom stereocenters. The fourth-order valence-corrected chi connectivity index (χ4v) is 4.73. The lowest BCUT2D eigenvalue weighted by Gasteiger charge is -2.11. The molecule has 0 radical (unpaired) electrons. The first-order valence-corrected chi connectivity index (χ1v) is 11.3. The van der Waals surface area contributed by atoms with Crippen molar-refractivity contribution in [3.05, 3.63) is 70.5 Å². The number of nitrogens with zero attached hydrogens (tertiary/aromatic N) is 1. The van der Waals surface area contributed by atoms with E-state index in [-0.39, 0.29) is 11.8 Å². The zero-order chi connectivity index (χ0) is 22.8. The van der Waals surface area contributed by atoms with Crippen LogP contribution in [0.5, 0.6) is 5.75 Å². The Bertz CT molecular complexity index is 1130. The summed E-state index contributed by atoms with van der Waals surface area (Å²) >= 11 is 0. The first-order chi connectivity index (χ1) is 15.4. The summed E-state index contributed by atoms with van der Waals surface area (Å²) in [4.78, 5) is 18.7. The summed E-state index contributed by atoms with van der Waals surface area (Å²) in [7, 11) is 5.89. The van der Waals surface area contributed by atoms with Gasteiger partial charge in [-0.3, -0.25) is 4.79 Å². The Morgan fingerprint density at radius 2 is 1.84 bits per heavy atom. The van der Waals surface area contributed by atoms with Gasteiger partial charge in [-0.25, -0.2) is 0 Å². The highest BCUT2D eigenvalue weighted by molar-refractivity contribution is 6.03. The number of benzene rings is 2. The van der Waals surface area contributed by atoms with Crippen LogP contribution in [-0.2, 0) is 17.6 Å². The predicted molar refractivity (Wildman–Crippen MR) is 131 cm³/mol. The smallest absolute Gasteiger partial charge is 0.232 e. The quantitative estimate of drug-likeness (QED) is 0.523. The van der Waals surface area contributed by atoms with Crippen LogP contribution >= 0.6 is 0 Å². The Morgan fingerprint density at radius 1 is 1.06 bits per heavy atom. The van der Waals surface area contributed by atoms with E-state index in [0.29, 0.717) is 6.42 Å². The van der Waals surface area contributed by atoms with Gasteiger partial charge in [0.05, 0.1) is 13.0 Å². The number of fused-ring (bicyclic) bond motifs is 1. The second-order valence-electron chi connectivity index (χ2n) is 9.02. The number of ether oxygens (including phenoxy) is 1. The molecule has 0 bridgehead atoms. The van der Waals surface area contributed by atoms with Crippen LogP contribution in [0.4, 0.5) is 5.69 Å². The van der Waals surface area contributed by atoms with Gasteiger partial charge in [0, 0.05) is 23.5 Å². The number of carbonyl (C=O) groups excluding carboxylic acids is 1. The Kier molecular flexibility index (Phi) is 6.38. The van der Waals surface area contributed by atoms with Crippen LogP contribution in [-0.4, -0.2) is 43.5 Å². The molecule has 1 aliphatic heterocycles. The summed E-state index contributed by atoms with van der Waals surface area (Å²) in [6.07, 6.45) is 2.88. The number of H-pyrrole nitrogens is 1. The molecule has 2 N–H and O–H groups in total. The van der Waals surface area contributed by atoms with E-state index in [2.05, 4.69) is 67.4 Å². The Morgan fingerprint density at radius 3 is 2.59 bits per heavy atom. The molecule has 0 saturated heterocycles. The molecule has 2 heterocycles. The molecule has 32 heavy (non-hydrogen) atoms. The summed E-state index contributed by atoms with van der Waals surface area (Å²) in [6, 6.07) is 14.2. The lowest BCUT2D eigenvalue weighted by molar-refractivity contribution is -0.117. The third-order valence-corrected chi connectivity index (χ3v) is 6.54. The summed E-state index contributed by atoms with van der Waals surface area (Å²) < 4.78 is 5.35. The van der Waals surface area contributed by atoms with Crippen molar-refractivity contribution in [2.24, 2.45) is 0 Å². The first kappa shape index (κ1) is 22.2. The van der Waals surface area contributed by atoms with E-state index in [4.69, 9.17) is 4.74 Å².